The summed E-state index contributed by atoms with van der Waals surface area (Å²) in [6, 6.07) is 46.3. The summed E-state index contributed by atoms with van der Waals surface area (Å²) < 4.78 is 18.5. The fourth-order valence-corrected chi connectivity index (χ4v) is 11.4. The van der Waals surface area contributed by atoms with Gasteiger partial charge in [-0.15, -0.1) is 18.2 Å². The first-order valence-electron chi connectivity index (χ1n) is 21.5. The fraction of sp³-hybridized carbons (Fsp3) is 0.241. The molecule has 7 heteroatoms. The normalized spacial score (nSPS) is 12.2. The second kappa shape index (κ2) is 18.1. The molecule has 0 saturated carbocycles. The summed E-state index contributed by atoms with van der Waals surface area (Å²) in [5, 5.41) is 2.15. The summed E-state index contributed by atoms with van der Waals surface area (Å²) in [6.07, 6.45) is 3.93. The van der Waals surface area contributed by atoms with E-state index in [0.29, 0.717) is 0 Å². The quantitative estimate of drug-likeness (QED) is 0.112. The molecule has 4 aromatic heterocycles. The molecular weight excluding hydrogens is 985 g/mol. The number of pyridine rings is 2. The van der Waals surface area contributed by atoms with Crippen LogP contribution in [0.3, 0.4) is 0 Å². The molecule has 0 fully saturated rings. The van der Waals surface area contributed by atoms with E-state index < -0.39 is 19.2 Å². The molecule has 0 bridgehead atoms. The van der Waals surface area contributed by atoms with Crippen LogP contribution in [0.4, 0.5) is 0 Å². The number of hydrogen-bond acceptors (Lipinski definition) is 4. The first-order valence-corrected chi connectivity index (χ1v) is 28.3. The maximum Gasteiger partial charge on any atom is 0 e. The molecule has 9 aromatic rings. The SMILES string of the molecule is Cc1cnc2c(c1)nc(-c1[c-]ccc3c1oc1ccccc13)n2-c1c(C(C)C)cc(-c2ccccc2)cc1C(C)C.[2H]C(C)(C)c1cc(-c2[c-]cccc2)nc[c]1[Ge]([CH3])([CH3])[CH3].[Ir]. The molecule has 0 saturated heterocycles. The number of rotatable bonds is 8. The van der Waals surface area contributed by atoms with Gasteiger partial charge in [0.25, 0.3) is 0 Å². The number of aromatic nitrogens is 4. The van der Waals surface area contributed by atoms with Crippen molar-refractivity contribution in [3.05, 3.63) is 162 Å². The van der Waals surface area contributed by atoms with E-state index >= 15 is 0 Å². The third-order valence-electron chi connectivity index (χ3n) is 11.2. The molecule has 311 valence electrons. The van der Waals surface area contributed by atoms with Crippen LogP contribution in [0.15, 0.2) is 132 Å². The van der Waals surface area contributed by atoms with Crippen molar-refractivity contribution in [1.82, 2.24) is 19.5 Å². The number of hydrogen-bond donors (Lipinski definition) is 0. The summed E-state index contributed by atoms with van der Waals surface area (Å²) in [5.41, 5.74) is 14.4. The van der Waals surface area contributed by atoms with Gasteiger partial charge in [-0.3, -0.25) is 4.98 Å². The number of furan rings is 1. The van der Waals surface area contributed by atoms with E-state index in [4.69, 9.17) is 15.8 Å². The van der Waals surface area contributed by atoms with Crippen molar-refractivity contribution < 1.29 is 25.9 Å². The molecule has 1 radical (unpaired) electrons. The molecule has 5 aromatic carbocycles. The second-order valence-corrected chi connectivity index (χ2v) is 28.2. The maximum absolute atomic E-state index is 8.44. The molecule has 0 amide bonds. The Morgan fingerprint density at radius 1 is 0.689 bits per heavy atom. The van der Waals surface area contributed by atoms with Crippen LogP contribution in [-0.4, -0.2) is 32.8 Å². The standard InChI is InChI=1S/C37H32N3O.C17H22GeN.Ir/c1-22(2)30-19-26(25-12-7-6-8-13-25)20-31(23(3)4)34(30)40-36(39-32-18-24(5)21-38-37(32)40)29-16-11-15-28-27-14-9-10-17-33(27)41-35(28)29;1-13(2)15-11-17(14-9-7-6-8-10-14)19-12-16(15)18(3,4)5;/h6-15,17-23H,1-5H3;6-9,11-13H,1-5H3;/q2*-1;/i;13D;. The second-order valence-electron chi connectivity index (χ2n) is 17.6. The largest absolute Gasteiger partial charge is 0 e. The summed E-state index contributed by atoms with van der Waals surface area (Å²) in [5.74, 6) is 7.78. The molecule has 0 N–H and O–H groups in total. The number of nitrogens with zero attached hydrogens (tertiary/aromatic N) is 4. The Kier molecular flexibility index (Phi) is 12.6. The van der Waals surface area contributed by atoms with Gasteiger partial charge >= 0.3 is 120 Å². The van der Waals surface area contributed by atoms with Gasteiger partial charge in [0, 0.05) is 37.4 Å². The van der Waals surface area contributed by atoms with Crippen molar-refractivity contribution in [2.24, 2.45) is 0 Å². The Morgan fingerprint density at radius 3 is 2.03 bits per heavy atom. The van der Waals surface area contributed by atoms with Gasteiger partial charge in [-0.05, 0) is 70.8 Å². The van der Waals surface area contributed by atoms with E-state index in [1.54, 1.807) is 0 Å². The van der Waals surface area contributed by atoms with E-state index in [2.05, 4.69) is 140 Å². The molecule has 0 unspecified atom stereocenters. The van der Waals surface area contributed by atoms with E-state index in [1.807, 2.05) is 74.8 Å². The molecule has 4 heterocycles. The predicted octanol–water partition coefficient (Wildman–Crippen LogP) is 14.2. The number of fused-ring (bicyclic) bond motifs is 4. The predicted molar refractivity (Wildman–Crippen MR) is 254 cm³/mol. The van der Waals surface area contributed by atoms with Crippen LogP contribution in [0.25, 0.3) is 72.6 Å². The molecule has 5 nitrogen and oxygen atoms in total. The van der Waals surface area contributed by atoms with Crippen LogP contribution < -0.4 is 4.40 Å². The summed E-state index contributed by atoms with van der Waals surface area (Å²) in [6.45, 7) is 15.0. The smallest absolute Gasteiger partial charge is 0 e. The zero-order valence-corrected chi connectivity index (χ0v) is 41.3. The molecule has 0 aliphatic heterocycles. The van der Waals surface area contributed by atoms with Crippen molar-refractivity contribution in [1.29, 1.82) is 0 Å². The fourth-order valence-electron chi connectivity index (χ4n) is 8.08. The van der Waals surface area contributed by atoms with Crippen molar-refractivity contribution in [3.8, 4) is 39.5 Å². The van der Waals surface area contributed by atoms with Gasteiger partial charge in [-0.25, -0.2) is 4.98 Å². The summed E-state index contributed by atoms with van der Waals surface area (Å²) in [4.78, 5) is 14.8. The molecule has 61 heavy (non-hydrogen) atoms. The molecule has 9 rings (SSSR count). The van der Waals surface area contributed by atoms with E-state index in [9.17, 15) is 0 Å². The number of para-hydroxylation sites is 1. The minimum atomic E-state index is -2.03. The molecule has 0 atom stereocenters. The first kappa shape index (κ1) is 42.5. The Bertz CT molecular complexity index is 2980. The Labute approximate surface area is 378 Å². The summed E-state index contributed by atoms with van der Waals surface area (Å²) in [7, 11) is 0. The minimum absolute atomic E-state index is 0. The van der Waals surface area contributed by atoms with Crippen LogP contribution in [0.1, 0.15) is 82.9 Å². The van der Waals surface area contributed by atoms with Gasteiger partial charge in [0.05, 0.1) is 16.9 Å². The summed E-state index contributed by atoms with van der Waals surface area (Å²) >= 11 is -2.03. The van der Waals surface area contributed by atoms with Crippen molar-refractivity contribution in [2.45, 2.75) is 83.5 Å². The Hall–Kier alpha value is -5.14. The van der Waals surface area contributed by atoms with E-state index in [0.717, 1.165) is 72.6 Å². The zero-order valence-electron chi connectivity index (χ0n) is 37.8. The zero-order chi connectivity index (χ0) is 43.2. The molecule has 0 spiro atoms. The third kappa shape index (κ3) is 8.82. The van der Waals surface area contributed by atoms with Crippen molar-refractivity contribution in [3.63, 3.8) is 0 Å². The van der Waals surface area contributed by atoms with Crippen LogP contribution in [-0.2, 0) is 20.1 Å². The Morgan fingerprint density at radius 2 is 1.38 bits per heavy atom. The van der Waals surface area contributed by atoms with Gasteiger partial charge in [0.15, 0.2) is 5.65 Å². The topological polar surface area (TPSA) is 56.7 Å². The van der Waals surface area contributed by atoms with Gasteiger partial charge in [-0.1, -0.05) is 87.2 Å². The monoisotopic (exact) mass is 1040 g/mol. The van der Waals surface area contributed by atoms with Crippen LogP contribution in [0.5, 0.6) is 0 Å². The van der Waals surface area contributed by atoms with Crippen molar-refractivity contribution in [2.75, 3.05) is 0 Å². The molecular formula is C54H54GeIrN4O-2. The molecule has 0 aliphatic rings. The number of benzene rings is 5. The molecule has 0 aliphatic carbocycles. The average Bonchev–Trinajstić information content (AvgIpc) is 3.81. The first-order chi connectivity index (χ1) is 29.1. The van der Waals surface area contributed by atoms with Crippen molar-refractivity contribution >= 4 is 50.8 Å². The Balaban J connectivity index is 0.000000233. The van der Waals surface area contributed by atoms with Gasteiger partial charge in [0.2, 0.25) is 0 Å². The average molecular weight is 1040 g/mol. The van der Waals surface area contributed by atoms with E-state index in [1.165, 1.54) is 26.6 Å². The number of imidazole rings is 1. The third-order valence-corrected chi connectivity index (χ3v) is 15.4. The maximum atomic E-state index is 8.44. The van der Waals surface area contributed by atoms with Crippen LogP contribution >= 0.6 is 0 Å². The minimum Gasteiger partial charge on any atom is 0 e. The van der Waals surface area contributed by atoms with Crippen LogP contribution in [0.2, 0.25) is 17.3 Å². The van der Waals surface area contributed by atoms with Gasteiger partial charge < -0.3 is 8.98 Å². The van der Waals surface area contributed by atoms with Gasteiger partial charge in [-0.2, -0.15) is 0 Å². The van der Waals surface area contributed by atoms with E-state index in [-0.39, 0.29) is 31.9 Å². The van der Waals surface area contributed by atoms with Gasteiger partial charge in [0.1, 0.15) is 5.58 Å². The van der Waals surface area contributed by atoms with Crippen LogP contribution in [0, 0.1) is 19.1 Å². The number of aryl methyl sites for hydroxylation is 1.